The molecule has 0 atom stereocenters. The van der Waals surface area contributed by atoms with E-state index in [9.17, 15) is 9.59 Å². The van der Waals surface area contributed by atoms with E-state index in [1.54, 1.807) is 0 Å². The van der Waals surface area contributed by atoms with Gasteiger partial charge in [-0.25, -0.2) is 0 Å². The topological polar surface area (TPSA) is 37.4 Å². The van der Waals surface area contributed by atoms with E-state index in [2.05, 4.69) is 0 Å². The van der Waals surface area contributed by atoms with Crippen LogP contribution in [0.3, 0.4) is 0 Å². The summed E-state index contributed by atoms with van der Waals surface area (Å²) < 4.78 is 0. The summed E-state index contributed by atoms with van der Waals surface area (Å²) in [6, 6.07) is 1.14. The van der Waals surface area contributed by atoms with E-state index in [1.807, 2.05) is 0 Å². The number of carbonyl (C=O) groups is 2. The zero-order valence-corrected chi connectivity index (χ0v) is 8.54. The Labute approximate surface area is 68.5 Å². The highest BCUT2D eigenvalue weighted by Gasteiger charge is 2.21. The largest absolute Gasteiger partial charge is 0.275 e. The van der Waals surface area contributed by atoms with Crippen LogP contribution in [0.2, 0.25) is 6.04 Å². The highest BCUT2D eigenvalue weighted by atomic mass is 28.1. The average molecular weight is 169 g/mol. The summed E-state index contributed by atoms with van der Waals surface area (Å²) in [5.41, 5.74) is 0. The van der Waals surface area contributed by atoms with E-state index in [-0.39, 0.29) is 11.8 Å². The van der Waals surface area contributed by atoms with Gasteiger partial charge in [-0.2, -0.15) is 0 Å². The van der Waals surface area contributed by atoms with Crippen molar-refractivity contribution in [2.75, 3.05) is 6.54 Å². The zero-order valence-electron chi connectivity index (χ0n) is 6.54. The Morgan fingerprint density at radius 2 is 1.82 bits per heavy atom. The van der Waals surface area contributed by atoms with Crippen molar-refractivity contribution in [3.63, 3.8) is 0 Å². The smallest absolute Gasteiger partial charge is 0.253 e. The van der Waals surface area contributed by atoms with E-state index in [1.165, 1.54) is 17.1 Å². The Balaban J connectivity index is 2.46. The van der Waals surface area contributed by atoms with Crippen LogP contribution in [0.15, 0.2) is 12.2 Å². The molecule has 0 fully saturated rings. The molecule has 0 N–H and O–H groups in total. The molecule has 60 valence electrons. The van der Waals surface area contributed by atoms with E-state index >= 15 is 0 Å². The molecule has 11 heavy (non-hydrogen) atoms. The molecule has 1 aliphatic rings. The summed E-state index contributed by atoms with van der Waals surface area (Å²) in [5, 5.41) is 0. The first-order chi connectivity index (χ1) is 5.25. The lowest BCUT2D eigenvalue weighted by atomic mass is 10.4. The van der Waals surface area contributed by atoms with Gasteiger partial charge in [-0.15, -0.1) is 0 Å². The van der Waals surface area contributed by atoms with Gasteiger partial charge in [0.15, 0.2) is 0 Å². The van der Waals surface area contributed by atoms with Crippen LogP contribution in [-0.4, -0.2) is 33.5 Å². The Morgan fingerprint density at radius 3 is 2.27 bits per heavy atom. The fourth-order valence-electron chi connectivity index (χ4n) is 0.968. The van der Waals surface area contributed by atoms with E-state index in [0.29, 0.717) is 6.54 Å². The third-order valence-electron chi connectivity index (χ3n) is 1.64. The maximum absolute atomic E-state index is 10.9. The Bertz CT molecular complexity index is 194. The first kappa shape index (κ1) is 8.20. The highest BCUT2D eigenvalue weighted by Crippen LogP contribution is 2.04. The van der Waals surface area contributed by atoms with E-state index < -0.39 is 0 Å². The molecule has 0 aromatic rings. The minimum atomic E-state index is -0.162. The second-order valence-corrected chi connectivity index (χ2v) is 3.52. The molecule has 0 saturated heterocycles. The highest BCUT2D eigenvalue weighted by molar-refractivity contribution is 6.13. The maximum atomic E-state index is 10.9. The Morgan fingerprint density at radius 1 is 1.27 bits per heavy atom. The van der Waals surface area contributed by atoms with Crippen molar-refractivity contribution >= 4 is 22.1 Å². The molecular formula is C7H11NO2Si. The van der Waals surface area contributed by atoms with Crippen LogP contribution >= 0.6 is 0 Å². The quantitative estimate of drug-likeness (QED) is 0.405. The second-order valence-electron chi connectivity index (χ2n) is 2.52. The summed E-state index contributed by atoms with van der Waals surface area (Å²) in [6.45, 7) is 0.591. The van der Waals surface area contributed by atoms with Gasteiger partial charge in [0.2, 0.25) is 0 Å². The van der Waals surface area contributed by atoms with Gasteiger partial charge in [0, 0.05) is 28.9 Å². The van der Waals surface area contributed by atoms with Crippen molar-refractivity contribution in [1.29, 1.82) is 0 Å². The summed E-state index contributed by atoms with van der Waals surface area (Å²) in [6.07, 6.45) is 3.61. The predicted octanol–water partition coefficient (Wildman–Crippen LogP) is -0.915. The van der Waals surface area contributed by atoms with Crippen molar-refractivity contribution in [3.05, 3.63) is 12.2 Å². The minimum Gasteiger partial charge on any atom is -0.275 e. The minimum absolute atomic E-state index is 0.162. The molecule has 1 aliphatic heterocycles. The van der Waals surface area contributed by atoms with Crippen molar-refractivity contribution in [1.82, 2.24) is 4.90 Å². The lowest BCUT2D eigenvalue weighted by molar-refractivity contribution is -0.136. The monoisotopic (exact) mass is 169 g/mol. The van der Waals surface area contributed by atoms with Gasteiger partial charge in [-0.05, 0) is 6.42 Å². The van der Waals surface area contributed by atoms with Crippen molar-refractivity contribution < 1.29 is 9.59 Å². The first-order valence-corrected chi connectivity index (χ1v) is 5.20. The molecule has 0 radical (unpaired) electrons. The van der Waals surface area contributed by atoms with Crippen LogP contribution in [0.1, 0.15) is 6.42 Å². The predicted molar refractivity (Wildman–Crippen MR) is 45.2 cm³/mol. The number of rotatable bonds is 3. The molecule has 1 rings (SSSR count). The number of nitrogens with zero attached hydrogens (tertiary/aromatic N) is 1. The lowest BCUT2D eigenvalue weighted by Crippen LogP contribution is -2.30. The van der Waals surface area contributed by atoms with Crippen molar-refractivity contribution in [2.45, 2.75) is 12.5 Å². The third kappa shape index (κ3) is 1.77. The van der Waals surface area contributed by atoms with Crippen LogP contribution in [0.4, 0.5) is 0 Å². The molecule has 4 heteroatoms. The van der Waals surface area contributed by atoms with Gasteiger partial charge in [0.05, 0.1) is 0 Å². The van der Waals surface area contributed by atoms with Gasteiger partial charge >= 0.3 is 0 Å². The molecule has 0 bridgehead atoms. The summed E-state index contributed by atoms with van der Waals surface area (Å²) in [5.74, 6) is -0.324. The fraction of sp³-hybridized carbons (Fsp3) is 0.429. The number of imide groups is 1. The zero-order chi connectivity index (χ0) is 8.27. The second kappa shape index (κ2) is 3.48. The van der Waals surface area contributed by atoms with Crippen molar-refractivity contribution in [3.8, 4) is 0 Å². The summed E-state index contributed by atoms with van der Waals surface area (Å²) in [4.78, 5) is 23.1. The SMILES string of the molecule is O=C1C=CC(=O)N1CCC[SiH3]. The standard InChI is InChI=1S/C7H11NO2Si/c9-6-2-3-7(10)8(6)4-1-5-11/h2-3H,1,4-5H2,11H3. The molecule has 0 aromatic heterocycles. The molecule has 3 nitrogen and oxygen atoms in total. The number of carbonyl (C=O) groups excluding carboxylic acids is 2. The molecule has 0 saturated carbocycles. The molecular weight excluding hydrogens is 158 g/mol. The first-order valence-electron chi connectivity index (χ1n) is 3.79. The number of hydrogen-bond donors (Lipinski definition) is 0. The lowest BCUT2D eigenvalue weighted by Gasteiger charge is -2.11. The molecule has 0 aliphatic carbocycles. The molecule has 1 heterocycles. The van der Waals surface area contributed by atoms with Gasteiger partial charge in [0.25, 0.3) is 11.8 Å². The summed E-state index contributed by atoms with van der Waals surface area (Å²) >= 11 is 0. The van der Waals surface area contributed by atoms with Gasteiger partial charge in [-0.1, -0.05) is 6.04 Å². The van der Waals surface area contributed by atoms with E-state index in [0.717, 1.165) is 22.7 Å². The van der Waals surface area contributed by atoms with Crippen LogP contribution < -0.4 is 0 Å². The Kier molecular flexibility index (Phi) is 2.59. The van der Waals surface area contributed by atoms with Crippen molar-refractivity contribution in [2.24, 2.45) is 0 Å². The molecule has 0 unspecified atom stereocenters. The van der Waals surface area contributed by atoms with Crippen LogP contribution in [0, 0.1) is 0 Å². The van der Waals surface area contributed by atoms with E-state index in [4.69, 9.17) is 0 Å². The average Bonchev–Trinajstić information content (AvgIpc) is 2.29. The molecule has 0 aromatic carbocycles. The van der Waals surface area contributed by atoms with Crippen LogP contribution in [0.5, 0.6) is 0 Å². The summed E-state index contributed by atoms with van der Waals surface area (Å²) in [7, 11) is 1.14. The number of amides is 2. The van der Waals surface area contributed by atoms with Gasteiger partial charge < -0.3 is 0 Å². The molecule has 0 spiro atoms. The normalized spacial score (nSPS) is 16.9. The number of hydrogen-bond acceptors (Lipinski definition) is 2. The van der Waals surface area contributed by atoms with Crippen LogP contribution in [-0.2, 0) is 9.59 Å². The third-order valence-corrected chi connectivity index (χ3v) is 2.34. The van der Waals surface area contributed by atoms with Crippen LogP contribution in [0.25, 0.3) is 0 Å². The van der Waals surface area contributed by atoms with Gasteiger partial charge in [-0.3, -0.25) is 14.5 Å². The Hall–Kier alpha value is -0.903. The van der Waals surface area contributed by atoms with Gasteiger partial charge in [0.1, 0.15) is 0 Å². The maximum Gasteiger partial charge on any atom is 0.253 e. The fourth-order valence-corrected chi connectivity index (χ4v) is 1.28. The molecule has 2 amide bonds.